The molecule has 1 aliphatic rings. The van der Waals surface area contributed by atoms with Gasteiger partial charge in [0.2, 0.25) is 0 Å². The lowest BCUT2D eigenvalue weighted by molar-refractivity contribution is 0.111. The summed E-state index contributed by atoms with van der Waals surface area (Å²) in [4.78, 5) is 12.5. The summed E-state index contributed by atoms with van der Waals surface area (Å²) >= 11 is 0. The summed E-state index contributed by atoms with van der Waals surface area (Å²) in [5, 5.41) is 0. The van der Waals surface area contributed by atoms with Crippen molar-refractivity contribution >= 4 is 11.0 Å². The predicted octanol–water partition coefficient (Wildman–Crippen LogP) is 2.70. The molecule has 0 saturated carbocycles. The normalized spacial score (nSPS) is 14.5. The molecule has 1 aliphatic heterocycles. The predicted molar refractivity (Wildman–Crippen MR) is 72.7 cm³/mol. The van der Waals surface area contributed by atoms with E-state index in [0.717, 1.165) is 35.4 Å². The SMILES string of the molecule is c1ccc(-c2ncc3[nH]c4c(c3n2)COCC4)cc1. The zero-order valence-electron chi connectivity index (χ0n) is 10.4. The number of nitrogens with zero attached hydrogens (tertiary/aromatic N) is 2. The highest BCUT2D eigenvalue weighted by Gasteiger charge is 2.17. The minimum absolute atomic E-state index is 0.639. The summed E-state index contributed by atoms with van der Waals surface area (Å²) in [6.45, 7) is 1.42. The topological polar surface area (TPSA) is 50.8 Å². The van der Waals surface area contributed by atoms with Crippen molar-refractivity contribution in [2.75, 3.05) is 6.61 Å². The van der Waals surface area contributed by atoms with E-state index < -0.39 is 0 Å². The summed E-state index contributed by atoms with van der Waals surface area (Å²) in [6, 6.07) is 10.0. The highest BCUT2D eigenvalue weighted by atomic mass is 16.5. The van der Waals surface area contributed by atoms with E-state index in [4.69, 9.17) is 9.72 Å². The molecule has 0 bridgehead atoms. The van der Waals surface area contributed by atoms with Crippen LogP contribution in [0.15, 0.2) is 36.5 Å². The van der Waals surface area contributed by atoms with E-state index in [1.54, 1.807) is 0 Å². The third-order valence-corrected chi connectivity index (χ3v) is 3.50. The number of benzene rings is 1. The monoisotopic (exact) mass is 251 g/mol. The van der Waals surface area contributed by atoms with Crippen LogP contribution in [-0.4, -0.2) is 21.6 Å². The Bertz CT molecular complexity index is 734. The van der Waals surface area contributed by atoms with Gasteiger partial charge in [0.1, 0.15) is 0 Å². The summed E-state index contributed by atoms with van der Waals surface area (Å²) in [5.41, 5.74) is 5.44. The van der Waals surface area contributed by atoms with Gasteiger partial charge in [-0.25, -0.2) is 9.97 Å². The number of fused-ring (bicyclic) bond motifs is 3. The molecule has 0 aliphatic carbocycles. The Morgan fingerprint density at radius 3 is 2.95 bits per heavy atom. The molecule has 0 unspecified atom stereocenters. The van der Waals surface area contributed by atoms with Crippen LogP contribution in [0.3, 0.4) is 0 Å². The Balaban J connectivity index is 1.91. The smallest absolute Gasteiger partial charge is 0.159 e. The number of aromatic nitrogens is 3. The second-order valence-electron chi connectivity index (χ2n) is 4.71. The molecule has 4 rings (SSSR count). The molecule has 4 nitrogen and oxygen atoms in total. The van der Waals surface area contributed by atoms with Gasteiger partial charge in [0.15, 0.2) is 5.82 Å². The number of hydrogen-bond acceptors (Lipinski definition) is 3. The molecule has 2 aromatic heterocycles. The van der Waals surface area contributed by atoms with Gasteiger partial charge < -0.3 is 9.72 Å². The molecular formula is C15H13N3O. The Kier molecular flexibility index (Phi) is 2.35. The van der Waals surface area contributed by atoms with Gasteiger partial charge in [-0.1, -0.05) is 30.3 Å². The molecule has 19 heavy (non-hydrogen) atoms. The fraction of sp³-hybridized carbons (Fsp3) is 0.200. The molecule has 3 aromatic rings. The first kappa shape index (κ1) is 10.7. The van der Waals surface area contributed by atoms with Crippen molar-refractivity contribution in [3.63, 3.8) is 0 Å². The Morgan fingerprint density at radius 2 is 2.05 bits per heavy atom. The van der Waals surface area contributed by atoms with Crippen LogP contribution in [0.4, 0.5) is 0 Å². The Labute approximate surface area is 110 Å². The number of hydrogen-bond donors (Lipinski definition) is 1. The zero-order chi connectivity index (χ0) is 12.7. The maximum absolute atomic E-state index is 5.53. The van der Waals surface area contributed by atoms with Crippen molar-refractivity contribution in [2.45, 2.75) is 13.0 Å². The highest BCUT2D eigenvalue weighted by molar-refractivity contribution is 5.81. The van der Waals surface area contributed by atoms with Gasteiger partial charge in [-0.15, -0.1) is 0 Å². The average Bonchev–Trinajstić information content (AvgIpc) is 2.86. The van der Waals surface area contributed by atoms with Gasteiger partial charge in [-0.05, 0) is 0 Å². The maximum Gasteiger partial charge on any atom is 0.159 e. The fourth-order valence-corrected chi connectivity index (χ4v) is 2.53. The largest absolute Gasteiger partial charge is 0.376 e. The van der Waals surface area contributed by atoms with E-state index in [9.17, 15) is 0 Å². The quantitative estimate of drug-likeness (QED) is 0.723. The minimum atomic E-state index is 0.639. The van der Waals surface area contributed by atoms with E-state index in [2.05, 4.69) is 9.97 Å². The van der Waals surface area contributed by atoms with Crippen LogP contribution in [0.1, 0.15) is 11.3 Å². The Morgan fingerprint density at radius 1 is 1.16 bits per heavy atom. The standard InChI is InChI=1S/C15H13N3O/c1-2-4-10(5-3-1)15-16-8-13-14(18-15)11-9-19-7-6-12(11)17-13/h1-5,8,17H,6-7,9H2. The lowest BCUT2D eigenvalue weighted by Crippen LogP contribution is -2.08. The number of aromatic amines is 1. The first-order chi connectivity index (χ1) is 9.42. The Hall–Kier alpha value is -2.20. The van der Waals surface area contributed by atoms with Gasteiger partial charge >= 0.3 is 0 Å². The van der Waals surface area contributed by atoms with Crippen molar-refractivity contribution in [2.24, 2.45) is 0 Å². The zero-order valence-corrected chi connectivity index (χ0v) is 10.4. The van der Waals surface area contributed by atoms with Crippen molar-refractivity contribution in [3.8, 4) is 11.4 Å². The third kappa shape index (κ3) is 1.72. The van der Waals surface area contributed by atoms with E-state index >= 15 is 0 Å². The lowest BCUT2D eigenvalue weighted by atomic mass is 10.1. The van der Waals surface area contributed by atoms with E-state index in [-0.39, 0.29) is 0 Å². The fourth-order valence-electron chi connectivity index (χ4n) is 2.53. The van der Waals surface area contributed by atoms with Crippen molar-refractivity contribution in [3.05, 3.63) is 47.8 Å². The summed E-state index contributed by atoms with van der Waals surface area (Å²) < 4.78 is 5.53. The van der Waals surface area contributed by atoms with Crippen LogP contribution in [0.25, 0.3) is 22.4 Å². The van der Waals surface area contributed by atoms with Gasteiger partial charge in [0, 0.05) is 23.2 Å². The van der Waals surface area contributed by atoms with Crippen molar-refractivity contribution < 1.29 is 4.74 Å². The maximum atomic E-state index is 5.53. The number of nitrogens with one attached hydrogen (secondary N) is 1. The number of H-pyrrole nitrogens is 1. The first-order valence-corrected chi connectivity index (χ1v) is 6.41. The summed E-state index contributed by atoms with van der Waals surface area (Å²) in [7, 11) is 0. The molecule has 0 radical (unpaired) electrons. The molecular weight excluding hydrogens is 238 g/mol. The van der Waals surface area contributed by atoms with Crippen molar-refractivity contribution in [1.82, 2.24) is 15.0 Å². The van der Waals surface area contributed by atoms with E-state index in [1.165, 1.54) is 11.3 Å². The second kappa shape index (κ2) is 4.17. The molecule has 1 aromatic carbocycles. The lowest BCUT2D eigenvalue weighted by Gasteiger charge is -2.11. The molecule has 4 heteroatoms. The van der Waals surface area contributed by atoms with Crippen LogP contribution in [0.5, 0.6) is 0 Å². The van der Waals surface area contributed by atoms with Crippen LogP contribution >= 0.6 is 0 Å². The van der Waals surface area contributed by atoms with Gasteiger partial charge in [-0.3, -0.25) is 0 Å². The van der Waals surface area contributed by atoms with Crippen LogP contribution in [0, 0.1) is 0 Å². The van der Waals surface area contributed by atoms with Crippen LogP contribution in [-0.2, 0) is 17.8 Å². The van der Waals surface area contributed by atoms with Crippen LogP contribution in [0.2, 0.25) is 0 Å². The molecule has 94 valence electrons. The molecule has 0 fully saturated rings. The van der Waals surface area contributed by atoms with E-state index in [1.807, 2.05) is 36.5 Å². The second-order valence-corrected chi connectivity index (χ2v) is 4.71. The van der Waals surface area contributed by atoms with Gasteiger partial charge in [0.25, 0.3) is 0 Å². The molecule has 0 saturated heterocycles. The molecule has 0 spiro atoms. The first-order valence-electron chi connectivity index (χ1n) is 6.41. The molecule has 0 amide bonds. The third-order valence-electron chi connectivity index (χ3n) is 3.50. The van der Waals surface area contributed by atoms with E-state index in [0.29, 0.717) is 6.61 Å². The molecule has 1 N–H and O–H groups in total. The molecule has 3 heterocycles. The highest BCUT2D eigenvalue weighted by Crippen LogP contribution is 2.26. The summed E-state index contributed by atoms with van der Waals surface area (Å²) in [6.07, 6.45) is 2.79. The molecule has 0 atom stereocenters. The van der Waals surface area contributed by atoms with Gasteiger partial charge in [0.05, 0.1) is 30.4 Å². The van der Waals surface area contributed by atoms with Crippen molar-refractivity contribution in [1.29, 1.82) is 0 Å². The van der Waals surface area contributed by atoms with Crippen LogP contribution < -0.4 is 0 Å². The number of rotatable bonds is 1. The number of ether oxygens (including phenoxy) is 1. The van der Waals surface area contributed by atoms with Gasteiger partial charge in [-0.2, -0.15) is 0 Å². The summed E-state index contributed by atoms with van der Waals surface area (Å²) in [5.74, 6) is 0.764. The minimum Gasteiger partial charge on any atom is -0.376 e. The average molecular weight is 251 g/mol.